The number of anilines is 1. The molecule has 0 radical (unpaired) electrons. The van der Waals surface area contributed by atoms with E-state index in [1.54, 1.807) is 4.90 Å². The standard InChI is InChI=1S/C12H13N3O.C12H15NO3/c13-5-11-3-1-2-4-12(11)15-7-10(8-15)6-14-9-16;1-8(14)11(15)12(16)13-6-9-4-2-3-5-10(9)7-13/h1-4,9-10H,6-8H2,(H,14,16);2-5,8,11,14-15H,6-7H2,1H3/t;8-,11+/m.0/s1. The maximum atomic E-state index is 11.8. The van der Waals surface area contributed by atoms with E-state index < -0.39 is 18.1 Å². The molecule has 2 aromatic carbocycles. The van der Waals surface area contributed by atoms with Gasteiger partial charge in [-0.05, 0) is 30.2 Å². The lowest BCUT2D eigenvalue weighted by molar-refractivity contribution is -0.146. The van der Waals surface area contributed by atoms with Crippen LogP contribution in [-0.4, -0.2) is 59.3 Å². The Morgan fingerprint density at radius 3 is 2.31 bits per heavy atom. The van der Waals surface area contributed by atoms with E-state index in [-0.39, 0.29) is 0 Å². The third-order valence-electron chi connectivity index (χ3n) is 5.67. The molecule has 3 N–H and O–H groups in total. The number of nitrogens with zero attached hydrogens (tertiary/aromatic N) is 3. The first-order valence-electron chi connectivity index (χ1n) is 10.6. The fourth-order valence-electron chi connectivity index (χ4n) is 3.84. The fraction of sp³-hybridized carbons (Fsp3) is 0.375. The van der Waals surface area contributed by atoms with E-state index in [4.69, 9.17) is 5.26 Å². The van der Waals surface area contributed by atoms with Crippen molar-refractivity contribution in [3.05, 3.63) is 65.2 Å². The van der Waals surface area contributed by atoms with Crippen LogP contribution in [0.1, 0.15) is 23.6 Å². The van der Waals surface area contributed by atoms with E-state index in [1.165, 1.54) is 6.92 Å². The second-order valence-electron chi connectivity index (χ2n) is 8.07. The van der Waals surface area contributed by atoms with Gasteiger partial charge in [0.25, 0.3) is 5.91 Å². The number of hydrogen-bond acceptors (Lipinski definition) is 6. The quantitative estimate of drug-likeness (QED) is 0.582. The van der Waals surface area contributed by atoms with Gasteiger partial charge in [0, 0.05) is 38.6 Å². The Bertz CT molecular complexity index is 957. The van der Waals surface area contributed by atoms with Crippen LogP contribution in [-0.2, 0) is 22.7 Å². The number of benzene rings is 2. The molecule has 0 saturated carbocycles. The third-order valence-corrected chi connectivity index (χ3v) is 5.67. The number of fused-ring (bicyclic) bond motifs is 1. The minimum Gasteiger partial charge on any atom is -0.390 e. The van der Waals surface area contributed by atoms with Crippen LogP contribution in [0.5, 0.6) is 0 Å². The zero-order valence-electron chi connectivity index (χ0n) is 18.0. The van der Waals surface area contributed by atoms with Crippen molar-refractivity contribution in [1.29, 1.82) is 5.26 Å². The Morgan fingerprint density at radius 1 is 1.16 bits per heavy atom. The summed E-state index contributed by atoms with van der Waals surface area (Å²) in [5.41, 5.74) is 3.92. The predicted molar refractivity (Wildman–Crippen MR) is 119 cm³/mol. The molecule has 0 bridgehead atoms. The Hall–Kier alpha value is -3.41. The largest absolute Gasteiger partial charge is 0.390 e. The number of amides is 2. The molecule has 2 atom stereocenters. The highest BCUT2D eigenvalue weighted by atomic mass is 16.3. The number of nitriles is 1. The zero-order valence-corrected chi connectivity index (χ0v) is 18.0. The monoisotopic (exact) mass is 436 g/mol. The maximum Gasteiger partial charge on any atom is 0.254 e. The minimum absolute atomic E-state index is 0.411. The van der Waals surface area contributed by atoms with Crippen LogP contribution in [0, 0.1) is 17.2 Å². The van der Waals surface area contributed by atoms with Crippen molar-refractivity contribution >= 4 is 18.0 Å². The average molecular weight is 437 g/mol. The van der Waals surface area contributed by atoms with E-state index in [0.29, 0.717) is 31.1 Å². The number of carbonyl (C=O) groups is 2. The summed E-state index contributed by atoms with van der Waals surface area (Å²) in [4.78, 5) is 25.6. The molecule has 1 saturated heterocycles. The molecule has 2 amide bonds. The number of aliphatic hydroxyl groups excluding tert-OH is 2. The molecule has 168 valence electrons. The fourth-order valence-corrected chi connectivity index (χ4v) is 3.84. The SMILES string of the molecule is C[C@H](O)[C@@H](O)C(=O)N1Cc2ccccc2C1.N#Cc1ccccc1N1CC(CNC=O)C1. The van der Waals surface area contributed by atoms with Gasteiger partial charge in [0.15, 0.2) is 6.10 Å². The first-order valence-corrected chi connectivity index (χ1v) is 10.6. The van der Waals surface area contributed by atoms with Crippen molar-refractivity contribution in [2.75, 3.05) is 24.5 Å². The number of rotatable bonds is 6. The Morgan fingerprint density at radius 2 is 1.75 bits per heavy atom. The van der Waals surface area contributed by atoms with Crippen molar-refractivity contribution in [3.8, 4) is 6.07 Å². The van der Waals surface area contributed by atoms with Gasteiger partial charge < -0.3 is 25.3 Å². The van der Waals surface area contributed by atoms with Gasteiger partial charge in [-0.25, -0.2) is 0 Å². The number of nitrogens with one attached hydrogen (secondary N) is 1. The number of aliphatic hydroxyl groups is 2. The highest BCUT2D eigenvalue weighted by Gasteiger charge is 2.30. The molecule has 2 heterocycles. The summed E-state index contributed by atoms with van der Waals surface area (Å²) in [6.07, 6.45) is -1.63. The molecule has 0 aromatic heterocycles. The van der Waals surface area contributed by atoms with Crippen molar-refractivity contribution in [2.45, 2.75) is 32.2 Å². The number of para-hydroxylation sites is 1. The molecular formula is C24H28N4O4. The smallest absolute Gasteiger partial charge is 0.254 e. The van der Waals surface area contributed by atoms with Gasteiger partial charge in [0.1, 0.15) is 6.07 Å². The molecule has 0 spiro atoms. The summed E-state index contributed by atoms with van der Waals surface area (Å²) in [6, 6.07) is 17.6. The van der Waals surface area contributed by atoms with Crippen LogP contribution in [0.15, 0.2) is 48.5 Å². The van der Waals surface area contributed by atoms with Crippen LogP contribution in [0.2, 0.25) is 0 Å². The van der Waals surface area contributed by atoms with E-state index >= 15 is 0 Å². The van der Waals surface area contributed by atoms with Crippen molar-refractivity contribution in [1.82, 2.24) is 10.2 Å². The van der Waals surface area contributed by atoms with Crippen LogP contribution >= 0.6 is 0 Å². The number of hydrogen-bond donors (Lipinski definition) is 3. The highest BCUT2D eigenvalue weighted by Crippen LogP contribution is 2.27. The van der Waals surface area contributed by atoms with Gasteiger partial charge in [-0.1, -0.05) is 36.4 Å². The van der Waals surface area contributed by atoms with E-state index in [1.807, 2.05) is 48.5 Å². The Labute approximate surface area is 187 Å². The molecule has 1 fully saturated rings. The van der Waals surface area contributed by atoms with Crippen molar-refractivity contribution in [3.63, 3.8) is 0 Å². The first-order chi connectivity index (χ1) is 15.4. The third kappa shape index (κ3) is 5.44. The summed E-state index contributed by atoms with van der Waals surface area (Å²) in [7, 11) is 0. The van der Waals surface area contributed by atoms with Crippen LogP contribution < -0.4 is 10.2 Å². The second-order valence-corrected chi connectivity index (χ2v) is 8.07. The van der Waals surface area contributed by atoms with Gasteiger partial charge in [-0.15, -0.1) is 0 Å². The van der Waals surface area contributed by atoms with Crippen LogP contribution in [0.3, 0.4) is 0 Å². The molecule has 0 aliphatic carbocycles. The Kier molecular flexibility index (Phi) is 7.82. The predicted octanol–water partition coefficient (Wildman–Crippen LogP) is 1.01. The molecule has 2 aromatic rings. The summed E-state index contributed by atoms with van der Waals surface area (Å²) in [5.74, 6) is 0.0862. The topological polar surface area (TPSA) is 117 Å². The molecule has 8 nitrogen and oxygen atoms in total. The summed E-state index contributed by atoms with van der Waals surface area (Å²) in [5, 5.41) is 30.3. The van der Waals surface area contributed by atoms with E-state index in [9.17, 15) is 19.8 Å². The van der Waals surface area contributed by atoms with Gasteiger partial charge in [-0.2, -0.15) is 5.26 Å². The van der Waals surface area contributed by atoms with Gasteiger partial charge in [0.05, 0.1) is 17.4 Å². The van der Waals surface area contributed by atoms with E-state index in [2.05, 4.69) is 16.3 Å². The van der Waals surface area contributed by atoms with Crippen LogP contribution in [0.25, 0.3) is 0 Å². The highest BCUT2D eigenvalue weighted by molar-refractivity contribution is 5.81. The average Bonchev–Trinajstić information content (AvgIpc) is 3.22. The molecule has 8 heteroatoms. The lowest BCUT2D eigenvalue weighted by atomic mass is 9.98. The first kappa shape index (κ1) is 23.3. The molecular weight excluding hydrogens is 408 g/mol. The molecule has 32 heavy (non-hydrogen) atoms. The maximum absolute atomic E-state index is 11.8. The van der Waals surface area contributed by atoms with E-state index in [0.717, 1.165) is 36.3 Å². The second kappa shape index (κ2) is 10.8. The van der Waals surface area contributed by atoms with Gasteiger partial charge >= 0.3 is 0 Å². The summed E-state index contributed by atoms with van der Waals surface area (Å²) >= 11 is 0. The molecule has 2 aliphatic heterocycles. The molecule has 2 aliphatic rings. The normalized spacial score (nSPS) is 16.6. The molecule has 4 rings (SSSR count). The van der Waals surface area contributed by atoms with Gasteiger partial charge in [0.2, 0.25) is 6.41 Å². The Balaban J connectivity index is 0.000000181. The minimum atomic E-state index is -1.32. The summed E-state index contributed by atoms with van der Waals surface area (Å²) in [6.45, 7) is 4.96. The summed E-state index contributed by atoms with van der Waals surface area (Å²) < 4.78 is 0. The lowest BCUT2D eigenvalue weighted by Gasteiger charge is -2.41. The van der Waals surface area contributed by atoms with Gasteiger partial charge in [-0.3, -0.25) is 9.59 Å². The zero-order chi connectivity index (χ0) is 23.1. The van der Waals surface area contributed by atoms with Crippen molar-refractivity contribution in [2.24, 2.45) is 5.92 Å². The molecule has 0 unspecified atom stereocenters. The number of carbonyl (C=O) groups excluding carboxylic acids is 2. The van der Waals surface area contributed by atoms with Crippen LogP contribution in [0.4, 0.5) is 5.69 Å². The van der Waals surface area contributed by atoms with Crippen molar-refractivity contribution < 1.29 is 19.8 Å². The lowest BCUT2D eigenvalue weighted by Crippen LogP contribution is -2.51.